The topological polar surface area (TPSA) is 55.6 Å². The predicted molar refractivity (Wildman–Crippen MR) is 66.7 cm³/mol. The molecule has 0 bridgehead atoms. The molecule has 0 radical (unpaired) electrons. The lowest BCUT2D eigenvalue weighted by molar-refractivity contribution is -0.160. The van der Waals surface area contributed by atoms with Crippen molar-refractivity contribution in [1.82, 2.24) is 5.01 Å². The molecule has 1 fully saturated rings. The summed E-state index contributed by atoms with van der Waals surface area (Å²) in [6.07, 6.45) is 0.702. The predicted octanol–water partition coefficient (Wildman–Crippen LogP) is 1.16. The van der Waals surface area contributed by atoms with Crippen molar-refractivity contribution in [2.24, 2.45) is 17.7 Å². The minimum atomic E-state index is -0.444. The molecule has 96 valence electrons. The summed E-state index contributed by atoms with van der Waals surface area (Å²) in [5.41, 5.74) is -0.444. The highest BCUT2D eigenvalue weighted by atomic mass is 16.6. The number of esters is 1. The molecule has 1 heterocycles. The lowest BCUT2D eigenvalue weighted by atomic mass is 9.93. The van der Waals surface area contributed by atoms with Crippen molar-refractivity contribution in [3.63, 3.8) is 0 Å². The number of nitrogens with zero attached hydrogens (tertiary/aromatic N) is 1. The van der Waals surface area contributed by atoms with E-state index in [1.807, 2.05) is 20.8 Å². The third-order valence-electron chi connectivity index (χ3n) is 2.72. The SMILES string of the molecule is CC#CC[C@@H]1CN(N)C[C@H]1C(=O)OC(C)(C)C. The van der Waals surface area contributed by atoms with Crippen LogP contribution in [0.4, 0.5) is 0 Å². The molecule has 4 nitrogen and oxygen atoms in total. The second-order valence-electron chi connectivity index (χ2n) is 5.48. The molecule has 1 rings (SSSR count). The second kappa shape index (κ2) is 5.52. The molecule has 0 amide bonds. The van der Waals surface area contributed by atoms with Crippen LogP contribution < -0.4 is 5.84 Å². The second-order valence-corrected chi connectivity index (χ2v) is 5.48. The lowest BCUT2D eigenvalue weighted by Crippen LogP contribution is -2.33. The van der Waals surface area contributed by atoms with Gasteiger partial charge >= 0.3 is 5.97 Å². The Hall–Kier alpha value is -1.05. The number of ether oxygens (including phenoxy) is 1. The maximum Gasteiger partial charge on any atom is 0.311 e. The van der Waals surface area contributed by atoms with Crippen LogP contribution in [0.3, 0.4) is 0 Å². The van der Waals surface area contributed by atoms with Gasteiger partial charge in [0, 0.05) is 19.5 Å². The van der Waals surface area contributed by atoms with Crippen molar-refractivity contribution in [2.75, 3.05) is 13.1 Å². The average Bonchev–Trinajstić information content (AvgIpc) is 2.54. The summed E-state index contributed by atoms with van der Waals surface area (Å²) in [4.78, 5) is 12.0. The van der Waals surface area contributed by atoms with E-state index >= 15 is 0 Å². The quantitative estimate of drug-likeness (QED) is 0.445. The molecule has 0 aliphatic carbocycles. The van der Waals surface area contributed by atoms with Gasteiger partial charge in [-0.1, -0.05) is 0 Å². The Balaban J connectivity index is 2.65. The molecule has 2 N–H and O–H groups in total. The van der Waals surface area contributed by atoms with Crippen LogP contribution in [0.1, 0.15) is 34.1 Å². The Bertz CT molecular complexity index is 336. The van der Waals surface area contributed by atoms with Crippen LogP contribution in [-0.2, 0) is 9.53 Å². The van der Waals surface area contributed by atoms with E-state index in [1.54, 1.807) is 11.9 Å². The standard InChI is InChI=1S/C13H22N2O2/c1-5-6-7-10-8-15(14)9-11(10)12(16)17-13(2,3)4/h10-11H,7-9,14H2,1-4H3/t10-,11-/m1/s1. The highest BCUT2D eigenvalue weighted by Gasteiger charge is 2.38. The van der Waals surface area contributed by atoms with E-state index in [2.05, 4.69) is 11.8 Å². The molecule has 1 saturated heterocycles. The van der Waals surface area contributed by atoms with Crippen molar-refractivity contribution < 1.29 is 9.53 Å². The first kappa shape index (κ1) is 14.0. The van der Waals surface area contributed by atoms with E-state index in [9.17, 15) is 4.79 Å². The Labute approximate surface area is 103 Å². The zero-order valence-electron chi connectivity index (χ0n) is 11.1. The van der Waals surface area contributed by atoms with E-state index in [4.69, 9.17) is 10.6 Å². The lowest BCUT2D eigenvalue weighted by Gasteiger charge is -2.23. The third-order valence-corrected chi connectivity index (χ3v) is 2.72. The normalized spacial score (nSPS) is 25.2. The summed E-state index contributed by atoms with van der Waals surface area (Å²) < 4.78 is 5.41. The molecule has 0 aromatic carbocycles. The Morgan fingerprint density at radius 2 is 2.12 bits per heavy atom. The molecule has 1 aliphatic heterocycles. The van der Waals surface area contributed by atoms with Gasteiger partial charge in [0.05, 0.1) is 5.92 Å². The number of nitrogens with two attached hydrogens (primary N) is 1. The van der Waals surface area contributed by atoms with Gasteiger partial charge in [-0.3, -0.25) is 10.6 Å². The molecule has 0 aromatic rings. The van der Waals surface area contributed by atoms with Gasteiger partial charge in [0.25, 0.3) is 0 Å². The summed E-state index contributed by atoms with van der Waals surface area (Å²) >= 11 is 0. The zero-order chi connectivity index (χ0) is 13.1. The van der Waals surface area contributed by atoms with Gasteiger partial charge in [0.15, 0.2) is 0 Å². The van der Waals surface area contributed by atoms with Crippen LogP contribution >= 0.6 is 0 Å². The summed E-state index contributed by atoms with van der Waals surface area (Å²) in [5.74, 6) is 11.5. The minimum absolute atomic E-state index is 0.153. The van der Waals surface area contributed by atoms with Crippen LogP contribution in [-0.4, -0.2) is 29.7 Å². The fourth-order valence-electron chi connectivity index (χ4n) is 1.99. The Morgan fingerprint density at radius 3 is 2.65 bits per heavy atom. The van der Waals surface area contributed by atoms with Gasteiger partial charge in [-0.05, 0) is 33.6 Å². The Morgan fingerprint density at radius 1 is 1.47 bits per heavy atom. The van der Waals surface area contributed by atoms with E-state index < -0.39 is 5.60 Å². The largest absolute Gasteiger partial charge is 0.460 e. The zero-order valence-corrected chi connectivity index (χ0v) is 11.1. The number of rotatable bonds is 2. The first-order chi connectivity index (χ1) is 7.83. The number of carbonyl (C=O) groups excluding carboxylic acids is 1. The summed E-state index contributed by atoms with van der Waals surface area (Å²) in [6, 6.07) is 0. The first-order valence-electron chi connectivity index (χ1n) is 5.95. The number of hydrogen-bond acceptors (Lipinski definition) is 4. The smallest absolute Gasteiger partial charge is 0.311 e. The molecule has 1 aliphatic rings. The highest BCUT2D eigenvalue weighted by Crippen LogP contribution is 2.26. The molecule has 4 heteroatoms. The Kier molecular flexibility index (Phi) is 4.55. The summed E-state index contributed by atoms with van der Waals surface area (Å²) in [7, 11) is 0. The van der Waals surface area contributed by atoms with Crippen LogP contribution in [0.15, 0.2) is 0 Å². The highest BCUT2D eigenvalue weighted by molar-refractivity contribution is 5.74. The molecule has 0 aromatic heterocycles. The van der Waals surface area contributed by atoms with Crippen molar-refractivity contribution in [2.45, 2.75) is 39.7 Å². The van der Waals surface area contributed by atoms with Crippen LogP contribution in [0.2, 0.25) is 0 Å². The van der Waals surface area contributed by atoms with Gasteiger partial charge in [0.1, 0.15) is 5.60 Å². The summed E-state index contributed by atoms with van der Waals surface area (Å²) in [5, 5.41) is 1.68. The first-order valence-corrected chi connectivity index (χ1v) is 5.95. The third kappa shape index (κ3) is 4.37. The average molecular weight is 238 g/mol. The van der Waals surface area contributed by atoms with Gasteiger partial charge in [-0.2, -0.15) is 0 Å². The molecule has 0 saturated carbocycles. The van der Waals surface area contributed by atoms with E-state index in [0.717, 1.165) is 0 Å². The molecular weight excluding hydrogens is 216 g/mol. The van der Waals surface area contributed by atoms with E-state index in [0.29, 0.717) is 19.5 Å². The van der Waals surface area contributed by atoms with Crippen LogP contribution in [0, 0.1) is 23.7 Å². The van der Waals surface area contributed by atoms with Crippen LogP contribution in [0.25, 0.3) is 0 Å². The maximum atomic E-state index is 12.0. The number of carbonyl (C=O) groups is 1. The number of hydrazine groups is 1. The number of hydrogen-bond donors (Lipinski definition) is 1. The fourth-order valence-corrected chi connectivity index (χ4v) is 1.99. The van der Waals surface area contributed by atoms with Crippen molar-refractivity contribution >= 4 is 5.97 Å². The molecule has 2 atom stereocenters. The molecular formula is C13H22N2O2. The van der Waals surface area contributed by atoms with Crippen molar-refractivity contribution in [3.8, 4) is 11.8 Å². The monoisotopic (exact) mass is 238 g/mol. The van der Waals surface area contributed by atoms with Gasteiger partial charge in [-0.15, -0.1) is 11.8 Å². The van der Waals surface area contributed by atoms with Gasteiger partial charge in [-0.25, -0.2) is 5.01 Å². The molecule has 0 spiro atoms. The van der Waals surface area contributed by atoms with Crippen molar-refractivity contribution in [3.05, 3.63) is 0 Å². The van der Waals surface area contributed by atoms with Crippen molar-refractivity contribution in [1.29, 1.82) is 0 Å². The van der Waals surface area contributed by atoms with Crippen LogP contribution in [0.5, 0.6) is 0 Å². The molecule has 17 heavy (non-hydrogen) atoms. The van der Waals surface area contributed by atoms with Gasteiger partial charge < -0.3 is 4.74 Å². The fraction of sp³-hybridized carbons (Fsp3) is 0.769. The van der Waals surface area contributed by atoms with E-state index in [1.165, 1.54) is 0 Å². The maximum absolute atomic E-state index is 12.0. The minimum Gasteiger partial charge on any atom is -0.460 e. The van der Waals surface area contributed by atoms with Gasteiger partial charge in [0.2, 0.25) is 0 Å². The summed E-state index contributed by atoms with van der Waals surface area (Å²) in [6.45, 7) is 8.70. The van der Waals surface area contributed by atoms with E-state index in [-0.39, 0.29) is 17.8 Å². The molecule has 0 unspecified atom stereocenters.